The number of halogens is 1. The largest absolute Gasteiger partial charge is 0.354 e. The highest BCUT2D eigenvalue weighted by molar-refractivity contribution is 7.92. The molecule has 1 N–H and O–H groups in total. The molecular weight excluding hydrogens is 474 g/mol. The minimum absolute atomic E-state index is 0.0843. The molecule has 186 valence electrons. The highest BCUT2D eigenvalue weighted by Crippen LogP contribution is 2.26. The molecule has 0 aromatic heterocycles. The van der Waals surface area contributed by atoms with Crippen LogP contribution in [0.3, 0.4) is 0 Å². The van der Waals surface area contributed by atoms with Crippen molar-refractivity contribution in [1.82, 2.24) is 10.2 Å². The zero-order valence-corrected chi connectivity index (χ0v) is 22.0. The van der Waals surface area contributed by atoms with E-state index in [1.807, 2.05) is 33.8 Å². The highest BCUT2D eigenvalue weighted by atomic mass is 35.5. The van der Waals surface area contributed by atoms with Crippen LogP contribution in [-0.2, 0) is 26.2 Å². The van der Waals surface area contributed by atoms with E-state index in [0.717, 1.165) is 28.1 Å². The van der Waals surface area contributed by atoms with E-state index < -0.39 is 28.5 Å². The molecule has 2 rings (SSSR count). The summed E-state index contributed by atoms with van der Waals surface area (Å²) >= 11 is 6.35. The topological polar surface area (TPSA) is 86.8 Å². The summed E-state index contributed by atoms with van der Waals surface area (Å²) in [7, 11) is -3.77. The predicted octanol–water partition coefficient (Wildman–Crippen LogP) is 4.06. The molecule has 0 aliphatic carbocycles. The van der Waals surface area contributed by atoms with Gasteiger partial charge in [0.05, 0.1) is 11.9 Å². The molecule has 0 radical (unpaired) electrons. The van der Waals surface area contributed by atoms with Crippen molar-refractivity contribution < 1.29 is 18.0 Å². The number of anilines is 1. The smallest absolute Gasteiger partial charge is 0.244 e. The van der Waals surface area contributed by atoms with Crippen molar-refractivity contribution in [3.63, 3.8) is 0 Å². The second-order valence-corrected chi connectivity index (χ2v) is 10.6. The van der Waals surface area contributed by atoms with Gasteiger partial charge in [-0.25, -0.2) is 8.42 Å². The fourth-order valence-electron chi connectivity index (χ4n) is 3.70. The lowest BCUT2D eigenvalue weighted by Gasteiger charge is -2.33. The first-order chi connectivity index (χ1) is 16.0. The molecule has 9 heteroatoms. The maximum absolute atomic E-state index is 13.7. The SMILES string of the molecule is CCCNC(=O)[C@H](CC)N(Cc1ccccc1Cl)C(=O)CN(c1cccc(C)c1C)S(C)(=O)=O. The Morgan fingerprint density at radius 2 is 1.74 bits per heavy atom. The number of hydrogen-bond donors (Lipinski definition) is 1. The highest BCUT2D eigenvalue weighted by Gasteiger charge is 2.32. The van der Waals surface area contributed by atoms with E-state index >= 15 is 0 Å². The van der Waals surface area contributed by atoms with E-state index in [0.29, 0.717) is 29.2 Å². The van der Waals surface area contributed by atoms with Crippen LogP contribution in [0.5, 0.6) is 0 Å². The molecule has 0 saturated carbocycles. The van der Waals surface area contributed by atoms with Gasteiger partial charge < -0.3 is 10.2 Å². The second-order valence-electron chi connectivity index (χ2n) is 8.32. The first kappa shape index (κ1) is 27.7. The fraction of sp³-hybridized carbons (Fsp3) is 0.440. The molecule has 2 aromatic rings. The number of carbonyl (C=O) groups is 2. The van der Waals surface area contributed by atoms with Crippen LogP contribution in [0.4, 0.5) is 5.69 Å². The number of rotatable bonds is 11. The first-order valence-corrected chi connectivity index (χ1v) is 13.6. The lowest BCUT2D eigenvalue weighted by Crippen LogP contribution is -2.52. The average molecular weight is 508 g/mol. The van der Waals surface area contributed by atoms with Crippen molar-refractivity contribution in [2.45, 2.75) is 53.1 Å². The van der Waals surface area contributed by atoms with Crippen molar-refractivity contribution in [3.8, 4) is 0 Å². The molecule has 0 fully saturated rings. The Morgan fingerprint density at radius 3 is 2.32 bits per heavy atom. The Morgan fingerprint density at radius 1 is 1.06 bits per heavy atom. The standard InChI is InChI=1S/C25H34ClN3O4S/c1-6-15-27-25(31)22(7-2)28(16-20-12-8-9-13-21(20)26)24(30)17-29(34(5,32)33)23-14-10-11-18(3)19(23)4/h8-14,22H,6-7,15-17H2,1-5H3,(H,27,31)/t22-/m0/s1. The molecular formula is C25H34ClN3O4S. The molecule has 2 aromatic carbocycles. The summed E-state index contributed by atoms with van der Waals surface area (Å²) in [4.78, 5) is 28.0. The number of nitrogens with one attached hydrogen (secondary N) is 1. The Bertz CT molecular complexity index is 1120. The van der Waals surface area contributed by atoms with Gasteiger partial charge in [-0.15, -0.1) is 0 Å². The minimum Gasteiger partial charge on any atom is -0.354 e. The van der Waals surface area contributed by atoms with E-state index in [9.17, 15) is 18.0 Å². The Hall–Kier alpha value is -2.58. The Balaban J connectivity index is 2.48. The summed E-state index contributed by atoms with van der Waals surface area (Å²) in [6.07, 6.45) is 2.20. The van der Waals surface area contributed by atoms with E-state index in [1.165, 1.54) is 4.90 Å². The number of hydrogen-bond acceptors (Lipinski definition) is 4. The molecule has 0 saturated heterocycles. The van der Waals surface area contributed by atoms with Gasteiger partial charge in [0.1, 0.15) is 12.6 Å². The van der Waals surface area contributed by atoms with Gasteiger partial charge in [0.15, 0.2) is 0 Å². The van der Waals surface area contributed by atoms with Crippen LogP contribution in [0.2, 0.25) is 5.02 Å². The molecule has 7 nitrogen and oxygen atoms in total. The minimum atomic E-state index is -3.77. The third-order valence-corrected chi connectivity index (χ3v) is 7.25. The van der Waals surface area contributed by atoms with Crippen LogP contribution < -0.4 is 9.62 Å². The maximum atomic E-state index is 13.7. The Kier molecular flexibility index (Phi) is 9.94. The number of carbonyl (C=O) groups excluding carboxylic acids is 2. The zero-order chi connectivity index (χ0) is 25.5. The van der Waals surface area contributed by atoms with Crippen molar-refractivity contribution in [2.24, 2.45) is 0 Å². The van der Waals surface area contributed by atoms with E-state index in [1.54, 1.807) is 36.4 Å². The van der Waals surface area contributed by atoms with Crippen molar-refractivity contribution in [3.05, 3.63) is 64.2 Å². The van der Waals surface area contributed by atoms with Crippen LogP contribution in [0.15, 0.2) is 42.5 Å². The van der Waals surface area contributed by atoms with Crippen LogP contribution >= 0.6 is 11.6 Å². The fourth-order valence-corrected chi connectivity index (χ4v) is 4.79. The molecule has 0 heterocycles. The van der Waals surface area contributed by atoms with Crippen molar-refractivity contribution >= 4 is 39.1 Å². The summed E-state index contributed by atoms with van der Waals surface area (Å²) < 4.78 is 26.6. The van der Waals surface area contributed by atoms with Crippen LogP contribution in [0.1, 0.15) is 43.4 Å². The molecule has 0 aliphatic heterocycles. The molecule has 2 amide bonds. The van der Waals surface area contributed by atoms with Crippen molar-refractivity contribution in [1.29, 1.82) is 0 Å². The molecule has 0 aliphatic rings. The number of aryl methyl sites for hydroxylation is 1. The normalized spacial score (nSPS) is 12.2. The van der Waals surface area contributed by atoms with Crippen LogP contribution in [0, 0.1) is 13.8 Å². The summed E-state index contributed by atoms with van der Waals surface area (Å²) in [5, 5.41) is 3.32. The van der Waals surface area contributed by atoms with E-state index in [2.05, 4.69) is 5.32 Å². The van der Waals surface area contributed by atoms with E-state index in [4.69, 9.17) is 11.6 Å². The number of benzene rings is 2. The summed E-state index contributed by atoms with van der Waals surface area (Å²) in [6, 6.07) is 11.7. The lowest BCUT2D eigenvalue weighted by atomic mass is 10.1. The number of sulfonamides is 1. The molecule has 34 heavy (non-hydrogen) atoms. The van der Waals surface area contributed by atoms with Crippen LogP contribution in [0.25, 0.3) is 0 Å². The van der Waals surface area contributed by atoms with Gasteiger partial charge in [-0.2, -0.15) is 0 Å². The van der Waals surface area contributed by atoms with Crippen LogP contribution in [-0.4, -0.2) is 50.5 Å². The molecule has 0 unspecified atom stereocenters. The van der Waals surface area contributed by atoms with Gasteiger partial charge in [0, 0.05) is 18.1 Å². The van der Waals surface area contributed by atoms with Gasteiger partial charge in [0.2, 0.25) is 21.8 Å². The molecule has 1 atom stereocenters. The lowest BCUT2D eigenvalue weighted by molar-refractivity contribution is -0.140. The zero-order valence-electron chi connectivity index (χ0n) is 20.5. The number of amides is 2. The summed E-state index contributed by atoms with van der Waals surface area (Å²) in [6.45, 7) is 7.62. The third kappa shape index (κ3) is 6.96. The summed E-state index contributed by atoms with van der Waals surface area (Å²) in [5.74, 6) is -0.757. The molecule has 0 spiro atoms. The first-order valence-electron chi connectivity index (χ1n) is 11.4. The summed E-state index contributed by atoms with van der Waals surface area (Å²) in [5.41, 5.74) is 2.80. The number of nitrogens with zero attached hydrogens (tertiary/aromatic N) is 2. The van der Waals surface area contributed by atoms with Gasteiger partial charge in [-0.1, -0.05) is 55.8 Å². The Labute approximate surface area is 208 Å². The predicted molar refractivity (Wildman–Crippen MR) is 137 cm³/mol. The average Bonchev–Trinajstić information content (AvgIpc) is 2.78. The maximum Gasteiger partial charge on any atom is 0.244 e. The second kappa shape index (κ2) is 12.2. The van der Waals surface area contributed by atoms with E-state index in [-0.39, 0.29) is 12.5 Å². The van der Waals surface area contributed by atoms with Gasteiger partial charge in [-0.05, 0) is 55.5 Å². The third-order valence-electron chi connectivity index (χ3n) is 5.76. The quantitative estimate of drug-likeness (QED) is 0.497. The monoisotopic (exact) mass is 507 g/mol. The van der Waals surface area contributed by atoms with Crippen molar-refractivity contribution in [2.75, 3.05) is 23.7 Å². The molecule has 0 bridgehead atoms. The van der Waals surface area contributed by atoms with Gasteiger partial charge in [0.25, 0.3) is 0 Å². The van der Waals surface area contributed by atoms with Gasteiger partial charge in [-0.3, -0.25) is 13.9 Å². The van der Waals surface area contributed by atoms with Gasteiger partial charge >= 0.3 is 0 Å².